The molecule has 1 N–H and O–H groups in total. The summed E-state index contributed by atoms with van der Waals surface area (Å²) in [5, 5.41) is 4.56. The summed E-state index contributed by atoms with van der Waals surface area (Å²) in [7, 11) is 0. The summed E-state index contributed by atoms with van der Waals surface area (Å²) in [6.45, 7) is 7.72. The maximum Gasteiger partial charge on any atom is 0.336 e. The first-order chi connectivity index (χ1) is 13.6. The van der Waals surface area contributed by atoms with Crippen molar-refractivity contribution < 1.29 is 8.83 Å². The average molecular weight is 380 g/mol. The average Bonchev–Trinajstić information content (AvgIpc) is 3.21. The molecule has 1 atom stereocenters. The van der Waals surface area contributed by atoms with Crippen molar-refractivity contribution in [3.63, 3.8) is 0 Å². The Balaban J connectivity index is 1.53. The lowest BCUT2D eigenvalue weighted by Gasteiger charge is -2.33. The first-order valence-electron chi connectivity index (χ1n) is 10.1. The number of aryl methyl sites for hydroxylation is 2. The van der Waals surface area contributed by atoms with Crippen LogP contribution in [0.4, 0.5) is 0 Å². The number of benzene rings is 1. The van der Waals surface area contributed by atoms with Gasteiger partial charge in [-0.25, -0.2) is 4.79 Å². The van der Waals surface area contributed by atoms with Crippen LogP contribution in [-0.4, -0.2) is 24.5 Å². The molecule has 4 rings (SSSR count). The molecule has 1 aliphatic rings. The van der Waals surface area contributed by atoms with E-state index in [-0.39, 0.29) is 11.7 Å². The molecule has 28 heavy (non-hydrogen) atoms. The molecule has 0 saturated carbocycles. The highest BCUT2D eigenvalue weighted by Crippen LogP contribution is 2.25. The highest BCUT2D eigenvalue weighted by molar-refractivity contribution is 5.81. The number of nitrogens with zero attached hydrogens (tertiary/aromatic N) is 1. The second-order valence-electron chi connectivity index (χ2n) is 7.78. The number of hydrogen-bond acceptors (Lipinski definition) is 5. The third-order valence-corrected chi connectivity index (χ3v) is 5.80. The van der Waals surface area contributed by atoms with Crippen LogP contribution < -0.4 is 10.9 Å². The van der Waals surface area contributed by atoms with E-state index in [2.05, 4.69) is 29.3 Å². The lowest BCUT2D eigenvalue weighted by atomic mass is 10.0. The second-order valence-corrected chi connectivity index (χ2v) is 7.78. The highest BCUT2D eigenvalue weighted by Gasteiger charge is 2.24. The fourth-order valence-electron chi connectivity index (χ4n) is 4.09. The van der Waals surface area contributed by atoms with Crippen molar-refractivity contribution in [3.05, 3.63) is 69.5 Å². The van der Waals surface area contributed by atoms with E-state index < -0.39 is 0 Å². The minimum atomic E-state index is -0.300. The SMILES string of the molecule is Cc1cc2oc(=O)cc(CNC[C@@H](c3ccco3)N3CCCCC3)c2cc1C. The number of furan rings is 1. The third-order valence-electron chi connectivity index (χ3n) is 5.80. The van der Waals surface area contributed by atoms with Crippen LogP contribution in [0.5, 0.6) is 0 Å². The Bertz CT molecular complexity index is 985. The fourth-order valence-corrected chi connectivity index (χ4v) is 4.09. The van der Waals surface area contributed by atoms with Crippen molar-refractivity contribution in [1.29, 1.82) is 0 Å². The van der Waals surface area contributed by atoms with Crippen LogP contribution in [0.1, 0.15) is 47.8 Å². The number of likely N-dealkylation sites (tertiary alicyclic amines) is 1. The predicted octanol–water partition coefficient (Wildman–Crippen LogP) is 4.32. The van der Waals surface area contributed by atoms with Crippen molar-refractivity contribution in [1.82, 2.24) is 10.2 Å². The molecule has 0 radical (unpaired) electrons. The number of fused-ring (bicyclic) bond motifs is 1. The molecule has 0 spiro atoms. The Morgan fingerprint density at radius 2 is 1.89 bits per heavy atom. The van der Waals surface area contributed by atoms with Crippen LogP contribution in [0, 0.1) is 13.8 Å². The van der Waals surface area contributed by atoms with E-state index >= 15 is 0 Å². The van der Waals surface area contributed by atoms with E-state index in [1.54, 1.807) is 12.3 Å². The van der Waals surface area contributed by atoms with Crippen LogP contribution in [0.3, 0.4) is 0 Å². The molecule has 3 heterocycles. The molecule has 0 aliphatic carbocycles. The van der Waals surface area contributed by atoms with Gasteiger partial charge in [-0.1, -0.05) is 6.42 Å². The standard InChI is InChI=1S/C23H28N2O3/c1-16-11-19-18(13-23(26)28-22(19)12-17(16)2)14-24-15-20(21-7-6-10-27-21)25-8-4-3-5-9-25/h6-7,10-13,20,24H,3-5,8-9,14-15H2,1-2H3/t20-/m0/s1. The largest absolute Gasteiger partial charge is 0.468 e. The van der Waals surface area contributed by atoms with E-state index in [0.29, 0.717) is 12.1 Å². The third kappa shape index (κ3) is 4.05. The van der Waals surface area contributed by atoms with E-state index in [1.165, 1.54) is 24.8 Å². The van der Waals surface area contributed by atoms with Gasteiger partial charge in [-0.2, -0.15) is 0 Å². The monoisotopic (exact) mass is 380 g/mol. The maximum atomic E-state index is 12.0. The number of piperidine rings is 1. The summed E-state index contributed by atoms with van der Waals surface area (Å²) in [4.78, 5) is 14.5. The first-order valence-corrected chi connectivity index (χ1v) is 10.1. The molecule has 5 nitrogen and oxygen atoms in total. The van der Waals surface area contributed by atoms with Gasteiger partial charge in [0.05, 0.1) is 12.3 Å². The Morgan fingerprint density at radius 3 is 2.64 bits per heavy atom. The van der Waals surface area contributed by atoms with Crippen LogP contribution in [0.2, 0.25) is 0 Å². The van der Waals surface area contributed by atoms with Crippen molar-refractivity contribution in [2.75, 3.05) is 19.6 Å². The van der Waals surface area contributed by atoms with Crippen molar-refractivity contribution >= 4 is 11.0 Å². The van der Waals surface area contributed by atoms with Gasteiger partial charge in [-0.15, -0.1) is 0 Å². The topological polar surface area (TPSA) is 58.6 Å². The van der Waals surface area contributed by atoms with Crippen LogP contribution in [-0.2, 0) is 6.54 Å². The van der Waals surface area contributed by atoms with E-state index in [0.717, 1.165) is 41.9 Å². The van der Waals surface area contributed by atoms with Gasteiger partial charge in [0, 0.05) is 24.5 Å². The Labute approximate surface area is 165 Å². The summed E-state index contributed by atoms with van der Waals surface area (Å²) in [6.07, 6.45) is 5.52. The molecular weight excluding hydrogens is 352 g/mol. The quantitative estimate of drug-likeness (QED) is 0.646. The molecule has 1 aromatic carbocycles. The zero-order valence-corrected chi connectivity index (χ0v) is 16.7. The molecule has 0 amide bonds. The molecule has 5 heteroatoms. The molecule has 1 saturated heterocycles. The molecule has 1 fully saturated rings. The number of nitrogens with one attached hydrogen (secondary N) is 1. The second kappa shape index (κ2) is 8.33. The van der Waals surface area contributed by atoms with Crippen LogP contribution in [0.15, 0.2) is 50.2 Å². The van der Waals surface area contributed by atoms with Gasteiger partial charge in [0.1, 0.15) is 11.3 Å². The summed E-state index contributed by atoms with van der Waals surface area (Å²) < 4.78 is 11.1. The Kier molecular flexibility index (Phi) is 5.64. The Hall–Kier alpha value is -2.37. The smallest absolute Gasteiger partial charge is 0.336 e. The minimum Gasteiger partial charge on any atom is -0.468 e. The molecule has 1 aliphatic heterocycles. The van der Waals surface area contributed by atoms with Gasteiger partial charge in [0.15, 0.2) is 0 Å². The summed E-state index contributed by atoms with van der Waals surface area (Å²) in [5.41, 5.74) is 3.66. The predicted molar refractivity (Wildman–Crippen MR) is 111 cm³/mol. The van der Waals surface area contributed by atoms with Gasteiger partial charge in [-0.05, 0) is 80.7 Å². The molecule has 3 aromatic rings. The van der Waals surface area contributed by atoms with E-state index in [9.17, 15) is 4.79 Å². The Morgan fingerprint density at radius 1 is 1.11 bits per heavy atom. The molecule has 2 aromatic heterocycles. The van der Waals surface area contributed by atoms with Gasteiger partial charge < -0.3 is 14.2 Å². The first kappa shape index (κ1) is 19.0. The van der Waals surface area contributed by atoms with E-state index in [4.69, 9.17) is 8.83 Å². The lowest BCUT2D eigenvalue weighted by Crippen LogP contribution is -2.38. The van der Waals surface area contributed by atoms with Crippen LogP contribution >= 0.6 is 0 Å². The molecule has 148 valence electrons. The lowest BCUT2D eigenvalue weighted by molar-refractivity contribution is 0.142. The number of hydrogen-bond donors (Lipinski definition) is 1. The summed E-state index contributed by atoms with van der Waals surface area (Å²) in [5.74, 6) is 0.998. The van der Waals surface area contributed by atoms with Crippen molar-refractivity contribution in [2.24, 2.45) is 0 Å². The summed E-state index contributed by atoms with van der Waals surface area (Å²) in [6, 6.07) is 9.89. The minimum absolute atomic E-state index is 0.214. The molecular formula is C23H28N2O3. The highest BCUT2D eigenvalue weighted by atomic mass is 16.4. The maximum absolute atomic E-state index is 12.0. The van der Waals surface area contributed by atoms with Gasteiger partial charge in [-0.3, -0.25) is 4.90 Å². The fraction of sp³-hybridized carbons (Fsp3) is 0.435. The zero-order chi connectivity index (χ0) is 19.5. The zero-order valence-electron chi connectivity index (χ0n) is 16.7. The van der Waals surface area contributed by atoms with Gasteiger partial charge in [0.25, 0.3) is 0 Å². The van der Waals surface area contributed by atoms with Crippen molar-refractivity contribution in [3.8, 4) is 0 Å². The normalized spacial score (nSPS) is 16.5. The number of rotatable bonds is 6. The van der Waals surface area contributed by atoms with Gasteiger partial charge >= 0.3 is 5.63 Å². The van der Waals surface area contributed by atoms with Crippen LogP contribution in [0.25, 0.3) is 11.0 Å². The molecule has 0 bridgehead atoms. The van der Waals surface area contributed by atoms with E-state index in [1.807, 2.05) is 19.1 Å². The van der Waals surface area contributed by atoms with Crippen molar-refractivity contribution in [2.45, 2.75) is 45.7 Å². The van der Waals surface area contributed by atoms with Gasteiger partial charge in [0.2, 0.25) is 0 Å². The summed E-state index contributed by atoms with van der Waals surface area (Å²) >= 11 is 0. The molecule has 0 unspecified atom stereocenters.